The molecular formula is C31H24Cl2F6N2O6. The summed E-state index contributed by atoms with van der Waals surface area (Å²) in [7, 11) is 1.18. The van der Waals surface area contributed by atoms with E-state index in [-0.39, 0.29) is 36.2 Å². The third kappa shape index (κ3) is 4.65. The number of fused-ring (bicyclic) bond motifs is 4. The highest BCUT2D eigenvalue weighted by molar-refractivity contribution is 6.53. The van der Waals surface area contributed by atoms with Gasteiger partial charge in [0.1, 0.15) is 0 Å². The van der Waals surface area contributed by atoms with Crippen molar-refractivity contribution in [3.05, 3.63) is 64.7 Å². The smallest absolute Gasteiger partial charge is 0.416 e. The largest absolute Gasteiger partial charge is 0.504 e. The fourth-order valence-corrected chi connectivity index (χ4v) is 8.44. The van der Waals surface area contributed by atoms with Crippen LogP contribution in [0.4, 0.5) is 32.0 Å². The molecule has 4 aliphatic rings. The van der Waals surface area contributed by atoms with Crippen molar-refractivity contribution in [1.29, 1.82) is 0 Å². The number of anilines is 1. The Morgan fingerprint density at radius 2 is 1.53 bits per heavy atom. The minimum Gasteiger partial charge on any atom is -0.504 e. The number of phenolic OH excluding ortho intramolecular Hbond substituents is 1. The summed E-state index contributed by atoms with van der Waals surface area (Å²) in [6.45, 7) is 1.80. The number of hydrogen-bond acceptors (Lipinski definition) is 6. The van der Waals surface area contributed by atoms with Crippen LogP contribution in [0.1, 0.15) is 42.4 Å². The fourth-order valence-electron chi connectivity index (χ4n) is 7.42. The molecule has 4 amide bonds. The van der Waals surface area contributed by atoms with Gasteiger partial charge in [0.2, 0.25) is 11.8 Å². The summed E-state index contributed by atoms with van der Waals surface area (Å²) in [5.74, 6) is -9.03. The molecule has 0 bridgehead atoms. The second-order valence-electron chi connectivity index (χ2n) is 11.9. The number of benzene rings is 2. The van der Waals surface area contributed by atoms with Gasteiger partial charge in [0.15, 0.2) is 21.2 Å². The van der Waals surface area contributed by atoms with Gasteiger partial charge >= 0.3 is 12.4 Å². The zero-order valence-electron chi connectivity index (χ0n) is 24.4. The van der Waals surface area contributed by atoms with Crippen LogP contribution < -0.4 is 9.64 Å². The molecule has 1 N–H and O–H groups in total. The second-order valence-corrected chi connectivity index (χ2v) is 13.2. The lowest BCUT2D eigenvalue weighted by Crippen LogP contribution is -2.60. The monoisotopic (exact) mass is 704 g/mol. The van der Waals surface area contributed by atoms with E-state index in [0.29, 0.717) is 22.6 Å². The zero-order valence-corrected chi connectivity index (χ0v) is 25.9. The van der Waals surface area contributed by atoms with E-state index in [1.807, 2.05) is 0 Å². The van der Waals surface area contributed by atoms with Crippen molar-refractivity contribution in [1.82, 2.24) is 4.90 Å². The Morgan fingerprint density at radius 3 is 2.11 bits per heavy atom. The molecule has 0 aromatic heterocycles. The molecule has 250 valence electrons. The summed E-state index contributed by atoms with van der Waals surface area (Å²) in [5, 5.41) is 10.3. The molecule has 47 heavy (non-hydrogen) atoms. The van der Waals surface area contributed by atoms with E-state index < -0.39 is 92.6 Å². The molecule has 8 nitrogen and oxygen atoms in total. The summed E-state index contributed by atoms with van der Waals surface area (Å²) in [4.78, 5) is 51.7. The van der Waals surface area contributed by atoms with Crippen LogP contribution in [-0.2, 0) is 31.5 Å². The van der Waals surface area contributed by atoms with Crippen LogP contribution in [0.5, 0.6) is 11.5 Å². The maximum atomic E-state index is 14.1. The summed E-state index contributed by atoms with van der Waals surface area (Å²) in [6.07, 6.45) is -9.56. The predicted octanol–water partition coefficient (Wildman–Crippen LogP) is 6.02. The van der Waals surface area contributed by atoms with Gasteiger partial charge in [-0.25, -0.2) is 4.90 Å². The standard InChI is InChI=1S/C31H24Cl2F6N2O6/c1-3-47-21-8-13(4-7-20(21)42)23-17-5-6-18-22(19(17)12-28(32)26(45)40(2)27(46)29(23,28)33)25(44)41(24(18)43)16-10-14(30(34,35)36)9-15(11-16)31(37,38)39/h4-5,7-11,18-19,22-23,42H,3,6,12H2,1-2H3. The van der Waals surface area contributed by atoms with Gasteiger partial charge in [-0.15, -0.1) is 23.2 Å². The Bertz CT molecular complexity index is 1750. The fraction of sp³-hybridized carbons (Fsp3) is 0.419. The van der Waals surface area contributed by atoms with Crippen LogP contribution in [0.25, 0.3) is 0 Å². The minimum atomic E-state index is -5.24. The maximum absolute atomic E-state index is 14.1. The molecular weight excluding hydrogens is 681 g/mol. The number of nitrogens with zero attached hydrogens (tertiary/aromatic N) is 2. The number of carbonyl (C=O) groups excluding carboxylic acids is 4. The van der Waals surface area contributed by atoms with Gasteiger partial charge in [-0.2, -0.15) is 26.3 Å². The minimum absolute atomic E-state index is 0.00952. The van der Waals surface area contributed by atoms with E-state index in [4.69, 9.17) is 27.9 Å². The van der Waals surface area contributed by atoms with Crippen molar-refractivity contribution in [3.63, 3.8) is 0 Å². The summed E-state index contributed by atoms with van der Waals surface area (Å²) >= 11 is 14.1. The molecule has 16 heteroatoms. The first-order valence-electron chi connectivity index (χ1n) is 14.3. The van der Waals surface area contributed by atoms with E-state index in [1.54, 1.807) is 13.0 Å². The molecule has 1 saturated carbocycles. The second kappa shape index (κ2) is 10.6. The van der Waals surface area contributed by atoms with E-state index in [2.05, 4.69) is 0 Å². The Morgan fingerprint density at radius 1 is 0.915 bits per heavy atom. The van der Waals surface area contributed by atoms with Crippen LogP contribution in [0.3, 0.4) is 0 Å². The first-order valence-corrected chi connectivity index (χ1v) is 15.1. The van der Waals surface area contributed by atoms with Gasteiger partial charge in [0, 0.05) is 13.0 Å². The van der Waals surface area contributed by atoms with Crippen LogP contribution in [0, 0.1) is 17.8 Å². The third-order valence-corrected chi connectivity index (χ3v) is 10.9. The van der Waals surface area contributed by atoms with Crippen molar-refractivity contribution < 1.29 is 55.4 Å². The number of likely N-dealkylation sites (tertiary alicyclic amines) is 1. The number of aromatic hydroxyl groups is 1. The molecule has 6 atom stereocenters. The van der Waals surface area contributed by atoms with Crippen LogP contribution in [0.15, 0.2) is 48.0 Å². The summed E-state index contributed by atoms with van der Waals surface area (Å²) in [5.41, 5.74) is -3.75. The molecule has 2 saturated heterocycles. The average molecular weight is 705 g/mol. The van der Waals surface area contributed by atoms with Crippen LogP contribution in [-0.4, -0.2) is 57.0 Å². The molecule has 2 aliphatic heterocycles. The molecule has 6 unspecified atom stereocenters. The van der Waals surface area contributed by atoms with Gasteiger partial charge in [0.25, 0.3) is 11.8 Å². The molecule has 6 rings (SSSR count). The van der Waals surface area contributed by atoms with Crippen molar-refractivity contribution in [2.45, 2.75) is 47.8 Å². The van der Waals surface area contributed by atoms with E-state index in [0.717, 1.165) is 4.90 Å². The third-order valence-electron chi connectivity index (χ3n) is 9.46. The number of rotatable bonds is 4. The number of hydrogen-bond donors (Lipinski definition) is 1. The van der Waals surface area contributed by atoms with Crippen LogP contribution >= 0.6 is 23.2 Å². The average Bonchev–Trinajstić information content (AvgIpc) is 3.32. The molecule has 0 radical (unpaired) electrons. The quantitative estimate of drug-likeness (QED) is 0.181. The lowest BCUT2D eigenvalue weighted by atomic mass is 9.56. The van der Waals surface area contributed by atoms with Crippen molar-refractivity contribution in [2.75, 3.05) is 18.6 Å². The molecule has 2 aromatic rings. The maximum Gasteiger partial charge on any atom is 0.416 e. The first-order chi connectivity index (χ1) is 21.8. The predicted molar refractivity (Wildman–Crippen MR) is 154 cm³/mol. The summed E-state index contributed by atoms with van der Waals surface area (Å²) < 4.78 is 87.5. The number of halogens is 8. The lowest BCUT2D eigenvalue weighted by Gasteiger charge is -2.50. The van der Waals surface area contributed by atoms with Gasteiger partial charge in [0.05, 0.1) is 35.3 Å². The molecule has 2 aromatic carbocycles. The Kier molecular flexibility index (Phi) is 7.48. The Labute approximate surface area is 272 Å². The molecule has 2 heterocycles. The number of alkyl halides is 8. The van der Waals surface area contributed by atoms with Crippen molar-refractivity contribution >= 4 is 52.5 Å². The van der Waals surface area contributed by atoms with Crippen molar-refractivity contribution in [2.24, 2.45) is 17.8 Å². The van der Waals surface area contributed by atoms with Gasteiger partial charge in [-0.05, 0) is 61.6 Å². The SMILES string of the molecule is CCOc1cc(C2C3=CCC4C(=O)N(c5cc(C(F)(F)F)cc(C(F)(F)F)c5)C(=O)C4C3CC3(Cl)C(=O)N(C)C(=O)C23Cl)ccc1O. The van der Waals surface area contributed by atoms with Gasteiger partial charge in [-0.3, -0.25) is 24.1 Å². The molecule has 0 spiro atoms. The number of ether oxygens (including phenoxy) is 1. The van der Waals surface area contributed by atoms with E-state index in [1.165, 1.54) is 25.2 Å². The van der Waals surface area contributed by atoms with Crippen LogP contribution in [0.2, 0.25) is 0 Å². The van der Waals surface area contributed by atoms with Gasteiger partial charge in [-0.1, -0.05) is 17.7 Å². The first kappa shape index (κ1) is 33.1. The highest BCUT2D eigenvalue weighted by atomic mass is 35.5. The van der Waals surface area contributed by atoms with Crippen molar-refractivity contribution in [3.8, 4) is 11.5 Å². The Balaban J connectivity index is 1.50. The Hall–Kier alpha value is -3.78. The molecule has 2 aliphatic carbocycles. The highest BCUT2D eigenvalue weighted by Gasteiger charge is 2.76. The lowest BCUT2D eigenvalue weighted by molar-refractivity contribution is -0.143. The van der Waals surface area contributed by atoms with E-state index in [9.17, 15) is 50.6 Å². The number of amides is 4. The highest BCUT2D eigenvalue weighted by Crippen LogP contribution is 2.65. The zero-order chi connectivity index (χ0) is 34.6. The number of carbonyl (C=O) groups is 4. The number of imide groups is 2. The number of allylic oxidation sites excluding steroid dienone is 2. The summed E-state index contributed by atoms with van der Waals surface area (Å²) in [6, 6.07) is 4.57. The molecule has 3 fully saturated rings. The topological polar surface area (TPSA) is 104 Å². The normalized spacial score (nSPS) is 30.7. The number of phenols is 1. The van der Waals surface area contributed by atoms with Gasteiger partial charge < -0.3 is 9.84 Å². The van der Waals surface area contributed by atoms with E-state index >= 15 is 0 Å².